The highest BCUT2D eigenvalue weighted by atomic mass is 35.5. The predicted octanol–water partition coefficient (Wildman–Crippen LogP) is 4.08. The fraction of sp³-hybridized carbons (Fsp3) is 0.400. The number of benzene rings is 2. The highest BCUT2D eigenvalue weighted by molar-refractivity contribution is 6.30. The van der Waals surface area contributed by atoms with Gasteiger partial charge in [-0.1, -0.05) is 37.1 Å². The number of nitrogens with zero attached hydrogens (tertiary/aromatic N) is 3. The van der Waals surface area contributed by atoms with E-state index in [-0.39, 0.29) is 17.7 Å². The van der Waals surface area contributed by atoms with Crippen LogP contribution in [0.1, 0.15) is 62.8 Å². The first-order valence-corrected chi connectivity index (χ1v) is 11.6. The summed E-state index contributed by atoms with van der Waals surface area (Å²) in [5.41, 5.74) is 2.40. The molecule has 0 N–H and O–H groups in total. The van der Waals surface area contributed by atoms with Crippen LogP contribution >= 0.6 is 11.6 Å². The number of amides is 3. The van der Waals surface area contributed by atoms with Gasteiger partial charge in [0, 0.05) is 49.9 Å². The van der Waals surface area contributed by atoms with Gasteiger partial charge in [0.05, 0.1) is 11.1 Å². The minimum absolute atomic E-state index is 0.0894. The first-order chi connectivity index (χ1) is 15.5. The van der Waals surface area contributed by atoms with E-state index in [0.717, 1.165) is 43.9 Å². The molecule has 0 aromatic heterocycles. The smallest absolute Gasteiger partial charge is 0.261 e. The van der Waals surface area contributed by atoms with Gasteiger partial charge in [0.1, 0.15) is 0 Å². The monoisotopic (exact) mass is 453 g/mol. The van der Waals surface area contributed by atoms with E-state index in [0.29, 0.717) is 36.3 Å². The number of hydrogen-bond acceptors (Lipinski definition) is 4. The highest BCUT2D eigenvalue weighted by Gasteiger charge is 2.35. The van der Waals surface area contributed by atoms with Crippen molar-refractivity contribution in [1.29, 1.82) is 0 Å². The van der Waals surface area contributed by atoms with Crippen molar-refractivity contribution in [3.63, 3.8) is 0 Å². The van der Waals surface area contributed by atoms with Crippen molar-refractivity contribution in [2.24, 2.45) is 0 Å². The summed E-state index contributed by atoms with van der Waals surface area (Å²) < 4.78 is 0. The SMILES string of the molecule is CCCCN1C(=O)c2ccc(C(=O)N3CCCN(Cc4ccc(Cl)cc4)CC3)cc2C1=O. The minimum atomic E-state index is -0.293. The van der Waals surface area contributed by atoms with Crippen LogP contribution < -0.4 is 0 Å². The van der Waals surface area contributed by atoms with Crippen LogP contribution in [0.5, 0.6) is 0 Å². The van der Waals surface area contributed by atoms with Crippen LogP contribution in [0.15, 0.2) is 42.5 Å². The Balaban J connectivity index is 1.42. The molecule has 1 fully saturated rings. The first-order valence-electron chi connectivity index (χ1n) is 11.2. The van der Waals surface area contributed by atoms with Crippen molar-refractivity contribution < 1.29 is 14.4 Å². The number of carbonyl (C=O) groups excluding carboxylic acids is 3. The normalized spacial score (nSPS) is 16.9. The Bertz CT molecular complexity index is 1020. The third kappa shape index (κ3) is 4.71. The predicted molar refractivity (Wildman–Crippen MR) is 124 cm³/mol. The fourth-order valence-corrected chi connectivity index (χ4v) is 4.43. The zero-order chi connectivity index (χ0) is 22.7. The average Bonchev–Trinajstić information content (AvgIpc) is 2.94. The minimum Gasteiger partial charge on any atom is -0.337 e. The Morgan fingerprint density at radius 3 is 2.44 bits per heavy atom. The molecule has 32 heavy (non-hydrogen) atoms. The maximum atomic E-state index is 13.2. The van der Waals surface area contributed by atoms with Crippen LogP contribution in [0.2, 0.25) is 5.02 Å². The molecular formula is C25H28ClN3O3. The van der Waals surface area contributed by atoms with Gasteiger partial charge in [0.15, 0.2) is 0 Å². The summed E-state index contributed by atoms with van der Waals surface area (Å²) in [7, 11) is 0. The zero-order valence-corrected chi connectivity index (χ0v) is 19.1. The number of unbranched alkanes of at least 4 members (excludes halogenated alkanes) is 1. The molecule has 0 atom stereocenters. The summed E-state index contributed by atoms with van der Waals surface area (Å²) >= 11 is 5.98. The topological polar surface area (TPSA) is 60.9 Å². The van der Waals surface area contributed by atoms with Gasteiger partial charge in [-0.3, -0.25) is 24.2 Å². The molecule has 2 aliphatic rings. The summed E-state index contributed by atoms with van der Waals surface area (Å²) in [6, 6.07) is 12.7. The van der Waals surface area contributed by atoms with Crippen molar-refractivity contribution in [3.8, 4) is 0 Å². The molecule has 2 aromatic rings. The van der Waals surface area contributed by atoms with Gasteiger partial charge in [0.25, 0.3) is 17.7 Å². The third-order valence-electron chi connectivity index (χ3n) is 6.15. The van der Waals surface area contributed by atoms with E-state index in [1.807, 2.05) is 36.1 Å². The van der Waals surface area contributed by atoms with Crippen LogP contribution in [0.25, 0.3) is 0 Å². The van der Waals surface area contributed by atoms with Gasteiger partial charge in [-0.15, -0.1) is 0 Å². The number of imide groups is 1. The number of rotatable bonds is 6. The lowest BCUT2D eigenvalue weighted by molar-refractivity contribution is 0.0652. The fourth-order valence-electron chi connectivity index (χ4n) is 4.31. The highest BCUT2D eigenvalue weighted by Crippen LogP contribution is 2.25. The molecule has 2 aromatic carbocycles. The third-order valence-corrected chi connectivity index (χ3v) is 6.40. The maximum absolute atomic E-state index is 13.2. The number of carbonyl (C=O) groups is 3. The maximum Gasteiger partial charge on any atom is 0.261 e. The molecule has 0 unspecified atom stereocenters. The molecular weight excluding hydrogens is 426 g/mol. The van der Waals surface area contributed by atoms with Gasteiger partial charge < -0.3 is 4.90 Å². The largest absolute Gasteiger partial charge is 0.337 e. The van der Waals surface area contributed by atoms with E-state index < -0.39 is 0 Å². The van der Waals surface area contributed by atoms with Crippen molar-refractivity contribution in [2.45, 2.75) is 32.7 Å². The van der Waals surface area contributed by atoms with E-state index >= 15 is 0 Å². The molecule has 0 bridgehead atoms. The lowest BCUT2D eigenvalue weighted by Gasteiger charge is -2.22. The molecule has 3 amide bonds. The Kier molecular flexibility index (Phi) is 6.92. The van der Waals surface area contributed by atoms with Crippen LogP contribution in [0.4, 0.5) is 0 Å². The molecule has 0 saturated carbocycles. The molecule has 2 heterocycles. The van der Waals surface area contributed by atoms with E-state index in [4.69, 9.17) is 11.6 Å². The Labute approximate surface area is 193 Å². The lowest BCUT2D eigenvalue weighted by atomic mass is 10.0. The van der Waals surface area contributed by atoms with Gasteiger partial charge in [0.2, 0.25) is 0 Å². The number of hydrogen-bond donors (Lipinski definition) is 0. The number of fused-ring (bicyclic) bond motifs is 1. The van der Waals surface area contributed by atoms with Gasteiger partial charge in [-0.25, -0.2) is 0 Å². The molecule has 2 aliphatic heterocycles. The summed E-state index contributed by atoms with van der Waals surface area (Å²) in [6.07, 6.45) is 2.56. The van der Waals surface area contributed by atoms with Crippen molar-refractivity contribution >= 4 is 29.3 Å². The van der Waals surface area contributed by atoms with Crippen LogP contribution in [-0.4, -0.2) is 65.1 Å². The molecule has 4 rings (SSSR count). The second-order valence-electron chi connectivity index (χ2n) is 8.42. The molecule has 0 aliphatic carbocycles. The van der Waals surface area contributed by atoms with E-state index in [1.54, 1.807) is 18.2 Å². The van der Waals surface area contributed by atoms with Crippen LogP contribution in [0.3, 0.4) is 0 Å². The van der Waals surface area contributed by atoms with E-state index in [9.17, 15) is 14.4 Å². The molecule has 6 nitrogen and oxygen atoms in total. The summed E-state index contributed by atoms with van der Waals surface area (Å²) in [6.45, 7) is 6.25. The Morgan fingerprint density at radius 2 is 1.69 bits per heavy atom. The second kappa shape index (κ2) is 9.84. The van der Waals surface area contributed by atoms with E-state index in [2.05, 4.69) is 4.90 Å². The molecule has 1 saturated heterocycles. The molecule has 0 spiro atoms. The Hall–Kier alpha value is -2.70. The summed E-state index contributed by atoms with van der Waals surface area (Å²) in [5.74, 6) is -0.642. The Morgan fingerprint density at radius 1 is 0.938 bits per heavy atom. The van der Waals surface area contributed by atoms with Crippen molar-refractivity contribution in [1.82, 2.24) is 14.7 Å². The van der Waals surface area contributed by atoms with E-state index in [1.165, 1.54) is 10.5 Å². The van der Waals surface area contributed by atoms with Gasteiger partial charge in [-0.2, -0.15) is 0 Å². The standard InChI is InChI=1S/C25H28ClN3O3/c1-2-3-13-29-24(31)21-10-7-19(16-22(21)25(29)32)23(30)28-12-4-11-27(14-15-28)17-18-5-8-20(26)9-6-18/h5-10,16H,2-4,11-15,17H2,1H3. The quantitative estimate of drug-likeness (QED) is 0.618. The average molecular weight is 454 g/mol. The molecule has 168 valence electrons. The summed E-state index contributed by atoms with van der Waals surface area (Å²) in [5, 5.41) is 0.726. The van der Waals surface area contributed by atoms with Crippen molar-refractivity contribution in [3.05, 3.63) is 69.7 Å². The van der Waals surface area contributed by atoms with Crippen LogP contribution in [-0.2, 0) is 6.54 Å². The zero-order valence-electron chi connectivity index (χ0n) is 18.3. The van der Waals surface area contributed by atoms with Gasteiger partial charge >= 0.3 is 0 Å². The van der Waals surface area contributed by atoms with Crippen molar-refractivity contribution in [2.75, 3.05) is 32.7 Å². The molecule has 0 radical (unpaired) electrons. The number of halogens is 1. The van der Waals surface area contributed by atoms with Gasteiger partial charge in [-0.05, 0) is 48.7 Å². The lowest BCUT2D eigenvalue weighted by Crippen LogP contribution is -2.35. The first kappa shape index (κ1) is 22.5. The molecule has 7 heteroatoms. The van der Waals surface area contributed by atoms with Crippen LogP contribution in [0, 0.1) is 0 Å². The second-order valence-corrected chi connectivity index (χ2v) is 8.86. The summed E-state index contributed by atoms with van der Waals surface area (Å²) in [4.78, 5) is 43.9.